The lowest BCUT2D eigenvalue weighted by atomic mass is 10.2. The molecule has 0 aliphatic heterocycles. The molecule has 0 radical (unpaired) electrons. The molecule has 0 aliphatic rings. The van der Waals surface area contributed by atoms with Crippen molar-refractivity contribution in [3.05, 3.63) is 18.2 Å². The van der Waals surface area contributed by atoms with Crippen LogP contribution in [0.15, 0.2) is 18.2 Å². The van der Waals surface area contributed by atoms with E-state index in [1.165, 1.54) is 6.92 Å². The second-order valence-electron chi connectivity index (χ2n) is 3.48. The van der Waals surface area contributed by atoms with E-state index in [1.807, 2.05) is 0 Å². The van der Waals surface area contributed by atoms with Gasteiger partial charge in [-0.1, -0.05) is 0 Å². The fourth-order valence-electron chi connectivity index (χ4n) is 1.22. The molecule has 16 heavy (non-hydrogen) atoms. The molecule has 0 heterocycles. The zero-order valence-corrected chi connectivity index (χ0v) is 9.32. The first kappa shape index (κ1) is 12.2. The molecule has 1 aromatic carbocycles. The number of ether oxygens (including phenoxy) is 1. The minimum absolute atomic E-state index is 0.0352. The smallest absolute Gasteiger partial charge is 0.216 e. The number of benzene rings is 1. The molecule has 1 rings (SSSR count). The molecule has 0 aromatic heterocycles. The molecule has 0 atom stereocenters. The van der Waals surface area contributed by atoms with Crippen LogP contribution in [0.4, 0.5) is 11.4 Å². The van der Waals surface area contributed by atoms with Gasteiger partial charge in [0, 0.05) is 19.2 Å². The van der Waals surface area contributed by atoms with Gasteiger partial charge in [0.2, 0.25) is 5.91 Å². The van der Waals surface area contributed by atoms with Gasteiger partial charge in [0.25, 0.3) is 0 Å². The molecule has 0 fully saturated rings. The van der Waals surface area contributed by atoms with Gasteiger partial charge in [-0.3, -0.25) is 4.79 Å². The van der Waals surface area contributed by atoms with Crippen LogP contribution >= 0.6 is 0 Å². The number of carbonyl (C=O) groups excluding carboxylic acids is 1. The second-order valence-corrected chi connectivity index (χ2v) is 3.48. The Morgan fingerprint density at radius 3 is 2.81 bits per heavy atom. The van der Waals surface area contributed by atoms with E-state index in [9.17, 15) is 4.79 Å². The van der Waals surface area contributed by atoms with Crippen molar-refractivity contribution in [3.63, 3.8) is 0 Å². The molecule has 0 spiro atoms. The van der Waals surface area contributed by atoms with Gasteiger partial charge in [-0.2, -0.15) is 0 Å². The minimum atomic E-state index is -0.0352. The number of hydrogen-bond acceptors (Lipinski definition) is 4. The first-order valence-electron chi connectivity index (χ1n) is 5.12. The molecule has 0 bridgehead atoms. The maximum absolute atomic E-state index is 10.6. The average Bonchev–Trinajstić information content (AvgIpc) is 2.20. The fourth-order valence-corrected chi connectivity index (χ4v) is 1.22. The summed E-state index contributed by atoms with van der Waals surface area (Å²) < 4.78 is 5.44. The zero-order chi connectivity index (χ0) is 12.0. The Labute approximate surface area is 94.8 Å². The van der Waals surface area contributed by atoms with Crippen molar-refractivity contribution in [1.29, 1.82) is 0 Å². The van der Waals surface area contributed by atoms with Crippen molar-refractivity contribution in [2.24, 2.45) is 0 Å². The van der Waals surface area contributed by atoms with Crippen molar-refractivity contribution in [3.8, 4) is 5.75 Å². The van der Waals surface area contributed by atoms with Crippen molar-refractivity contribution in [2.75, 3.05) is 24.6 Å². The Bertz CT molecular complexity index is 366. The van der Waals surface area contributed by atoms with Crippen LogP contribution in [-0.4, -0.2) is 19.1 Å². The monoisotopic (exact) mass is 223 g/mol. The number of carbonyl (C=O) groups is 1. The number of nitrogens with one attached hydrogen (secondary N) is 1. The lowest BCUT2D eigenvalue weighted by molar-refractivity contribution is -0.118. The first-order chi connectivity index (χ1) is 7.59. The third-order valence-electron chi connectivity index (χ3n) is 1.99. The third kappa shape index (κ3) is 4.08. The summed E-state index contributed by atoms with van der Waals surface area (Å²) in [5.41, 5.74) is 12.4. The van der Waals surface area contributed by atoms with Gasteiger partial charge < -0.3 is 21.5 Å². The van der Waals surface area contributed by atoms with Crippen LogP contribution in [0.2, 0.25) is 0 Å². The number of rotatable bonds is 5. The predicted molar refractivity (Wildman–Crippen MR) is 64.1 cm³/mol. The maximum Gasteiger partial charge on any atom is 0.216 e. The average molecular weight is 223 g/mol. The summed E-state index contributed by atoms with van der Waals surface area (Å²) in [5, 5.41) is 2.69. The van der Waals surface area contributed by atoms with E-state index in [1.54, 1.807) is 18.2 Å². The molecule has 0 unspecified atom stereocenters. The summed E-state index contributed by atoms with van der Waals surface area (Å²) in [5.74, 6) is 0.587. The molecule has 0 saturated carbocycles. The molecule has 0 aliphatic carbocycles. The standard InChI is InChI=1S/C11H17N3O2/c1-8(15)14-5-2-6-16-11-4-3-9(12)7-10(11)13/h3-4,7H,2,5-6,12-13H2,1H3,(H,14,15). The molecular weight excluding hydrogens is 206 g/mol. The predicted octanol–water partition coefficient (Wildman–Crippen LogP) is 0.756. The molecule has 0 saturated heterocycles. The third-order valence-corrected chi connectivity index (χ3v) is 1.99. The van der Waals surface area contributed by atoms with Crippen LogP contribution in [0.1, 0.15) is 13.3 Å². The highest BCUT2D eigenvalue weighted by Crippen LogP contribution is 2.23. The maximum atomic E-state index is 10.6. The van der Waals surface area contributed by atoms with Crippen LogP contribution in [0.5, 0.6) is 5.75 Å². The Hall–Kier alpha value is -1.91. The summed E-state index contributed by atoms with van der Waals surface area (Å²) >= 11 is 0. The zero-order valence-electron chi connectivity index (χ0n) is 9.32. The number of anilines is 2. The van der Waals surface area contributed by atoms with Crippen molar-refractivity contribution >= 4 is 17.3 Å². The number of nitrogens with two attached hydrogens (primary N) is 2. The van der Waals surface area contributed by atoms with Gasteiger partial charge in [0.05, 0.1) is 12.3 Å². The Morgan fingerprint density at radius 2 is 2.19 bits per heavy atom. The van der Waals surface area contributed by atoms with Crippen LogP contribution < -0.4 is 21.5 Å². The van der Waals surface area contributed by atoms with E-state index in [4.69, 9.17) is 16.2 Å². The lowest BCUT2D eigenvalue weighted by Crippen LogP contribution is -2.22. The van der Waals surface area contributed by atoms with Gasteiger partial charge in [-0.05, 0) is 24.6 Å². The van der Waals surface area contributed by atoms with E-state index in [0.29, 0.717) is 30.3 Å². The normalized spacial score (nSPS) is 9.81. The quantitative estimate of drug-likeness (QED) is 0.507. The van der Waals surface area contributed by atoms with Crippen LogP contribution in [0.3, 0.4) is 0 Å². The summed E-state index contributed by atoms with van der Waals surface area (Å²) in [7, 11) is 0. The van der Waals surface area contributed by atoms with Crippen molar-refractivity contribution < 1.29 is 9.53 Å². The van der Waals surface area contributed by atoms with Crippen molar-refractivity contribution in [2.45, 2.75) is 13.3 Å². The molecule has 1 aromatic rings. The fraction of sp³-hybridized carbons (Fsp3) is 0.364. The van der Waals surface area contributed by atoms with Gasteiger partial charge in [0.15, 0.2) is 0 Å². The van der Waals surface area contributed by atoms with E-state index in [0.717, 1.165) is 6.42 Å². The number of nitrogen functional groups attached to an aromatic ring is 2. The van der Waals surface area contributed by atoms with E-state index in [-0.39, 0.29) is 5.91 Å². The van der Waals surface area contributed by atoms with Crippen LogP contribution in [-0.2, 0) is 4.79 Å². The second kappa shape index (κ2) is 5.85. The van der Waals surface area contributed by atoms with Crippen molar-refractivity contribution in [1.82, 2.24) is 5.32 Å². The van der Waals surface area contributed by atoms with Crippen LogP contribution in [0.25, 0.3) is 0 Å². The molecule has 5 nitrogen and oxygen atoms in total. The summed E-state index contributed by atoms with van der Waals surface area (Å²) in [6, 6.07) is 5.13. The molecule has 88 valence electrons. The molecule has 5 heteroatoms. The first-order valence-corrected chi connectivity index (χ1v) is 5.12. The molecular formula is C11H17N3O2. The number of hydrogen-bond donors (Lipinski definition) is 3. The minimum Gasteiger partial charge on any atom is -0.491 e. The van der Waals surface area contributed by atoms with Gasteiger partial charge in [-0.15, -0.1) is 0 Å². The molecule has 1 amide bonds. The van der Waals surface area contributed by atoms with Gasteiger partial charge in [-0.25, -0.2) is 0 Å². The largest absolute Gasteiger partial charge is 0.491 e. The Morgan fingerprint density at radius 1 is 1.44 bits per heavy atom. The van der Waals surface area contributed by atoms with E-state index < -0.39 is 0 Å². The van der Waals surface area contributed by atoms with Crippen LogP contribution in [0, 0.1) is 0 Å². The lowest BCUT2D eigenvalue weighted by Gasteiger charge is -2.09. The highest BCUT2D eigenvalue weighted by atomic mass is 16.5. The van der Waals surface area contributed by atoms with E-state index in [2.05, 4.69) is 5.32 Å². The Kier molecular flexibility index (Phi) is 4.44. The highest BCUT2D eigenvalue weighted by molar-refractivity contribution is 5.72. The highest BCUT2D eigenvalue weighted by Gasteiger charge is 2.00. The summed E-state index contributed by atoms with van der Waals surface area (Å²) in [6.45, 7) is 2.59. The van der Waals surface area contributed by atoms with E-state index >= 15 is 0 Å². The summed E-state index contributed by atoms with van der Waals surface area (Å²) in [4.78, 5) is 10.6. The topological polar surface area (TPSA) is 90.4 Å². The van der Waals surface area contributed by atoms with Gasteiger partial charge >= 0.3 is 0 Å². The van der Waals surface area contributed by atoms with Gasteiger partial charge in [0.1, 0.15) is 5.75 Å². The molecule has 5 N–H and O–H groups in total. The number of amides is 1. The SMILES string of the molecule is CC(=O)NCCCOc1ccc(N)cc1N. The Balaban J connectivity index is 2.29. The summed E-state index contributed by atoms with van der Waals surface area (Å²) in [6.07, 6.45) is 0.739.